The lowest BCUT2D eigenvalue weighted by Crippen LogP contribution is -2.12. The van der Waals surface area contributed by atoms with E-state index in [0.29, 0.717) is 17.3 Å². The summed E-state index contributed by atoms with van der Waals surface area (Å²) < 4.78 is 5.57. The first-order chi connectivity index (χ1) is 9.24. The Morgan fingerprint density at radius 2 is 2.26 bits per heavy atom. The number of hydrogen-bond acceptors (Lipinski definition) is 5. The molecule has 0 amide bonds. The molecule has 0 aliphatic rings. The zero-order chi connectivity index (χ0) is 13.7. The normalized spacial score (nSPS) is 11.7. The number of nitrogens with two attached hydrogens (primary N) is 1. The van der Waals surface area contributed by atoms with Crippen LogP contribution in [0.15, 0.2) is 33.8 Å². The summed E-state index contributed by atoms with van der Waals surface area (Å²) in [5.74, 6) is 1.12. The molecule has 0 radical (unpaired) electrons. The molecule has 0 fully saturated rings. The van der Waals surface area contributed by atoms with E-state index < -0.39 is 0 Å². The van der Waals surface area contributed by atoms with Crippen LogP contribution in [0.1, 0.15) is 31.2 Å². The predicted octanol–water partition coefficient (Wildman–Crippen LogP) is 2.17. The second-order valence-electron chi connectivity index (χ2n) is 4.17. The predicted molar refractivity (Wildman–Crippen MR) is 70.9 cm³/mol. The average molecular weight is 260 g/mol. The Balaban J connectivity index is 2.24. The van der Waals surface area contributed by atoms with Crippen LogP contribution in [-0.2, 0) is 6.42 Å². The number of aromatic nitrogens is 2. The number of benzene rings is 1. The summed E-state index contributed by atoms with van der Waals surface area (Å²) >= 11 is 0. The third-order valence-electron chi connectivity index (χ3n) is 2.72. The Bertz CT molecular complexity index is 578. The molecule has 1 heterocycles. The maximum atomic E-state index is 8.66. The van der Waals surface area contributed by atoms with Crippen molar-refractivity contribution in [2.75, 3.05) is 0 Å². The smallest absolute Gasteiger partial charge is 0.247 e. The van der Waals surface area contributed by atoms with E-state index in [1.807, 2.05) is 6.07 Å². The summed E-state index contributed by atoms with van der Waals surface area (Å²) in [5, 5.41) is 19.6. The van der Waals surface area contributed by atoms with Crippen molar-refractivity contribution in [1.82, 2.24) is 10.2 Å². The maximum absolute atomic E-state index is 8.66. The van der Waals surface area contributed by atoms with Gasteiger partial charge in [-0.05, 0) is 18.6 Å². The molecule has 100 valence electrons. The van der Waals surface area contributed by atoms with E-state index in [-0.39, 0.29) is 5.84 Å². The van der Waals surface area contributed by atoms with Crippen LogP contribution in [0, 0.1) is 0 Å². The molecule has 0 saturated carbocycles. The van der Waals surface area contributed by atoms with Gasteiger partial charge in [0.05, 0.1) is 0 Å². The van der Waals surface area contributed by atoms with E-state index in [4.69, 9.17) is 15.4 Å². The standard InChI is InChI=1S/C13H16N4O2/c1-2-3-7-11-15-16-13(19-11)10-6-4-5-9(8-10)12(14)17-18/h4-6,8,18H,2-3,7H2,1H3,(H2,14,17). The molecular formula is C13H16N4O2. The van der Waals surface area contributed by atoms with Crippen molar-refractivity contribution < 1.29 is 9.62 Å². The van der Waals surface area contributed by atoms with E-state index in [0.717, 1.165) is 24.8 Å². The molecule has 6 heteroatoms. The molecule has 19 heavy (non-hydrogen) atoms. The molecule has 2 aromatic rings. The van der Waals surface area contributed by atoms with Crippen molar-refractivity contribution in [3.63, 3.8) is 0 Å². The zero-order valence-electron chi connectivity index (χ0n) is 10.7. The largest absolute Gasteiger partial charge is 0.421 e. The van der Waals surface area contributed by atoms with Gasteiger partial charge in [0, 0.05) is 17.5 Å². The monoisotopic (exact) mass is 260 g/mol. The summed E-state index contributed by atoms with van der Waals surface area (Å²) in [6.07, 6.45) is 2.88. The van der Waals surface area contributed by atoms with Crippen LogP contribution in [0.25, 0.3) is 11.5 Å². The third-order valence-corrected chi connectivity index (χ3v) is 2.72. The summed E-state index contributed by atoms with van der Waals surface area (Å²) in [6.45, 7) is 2.11. The van der Waals surface area contributed by atoms with Gasteiger partial charge >= 0.3 is 0 Å². The summed E-state index contributed by atoms with van der Waals surface area (Å²) in [7, 11) is 0. The zero-order valence-corrected chi connectivity index (χ0v) is 10.7. The second-order valence-corrected chi connectivity index (χ2v) is 4.17. The average Bonchev–Trinajstić information content (AvgIpc) is 2.93. The number of oxime groups is 1. The summed E-state index contributed by atoms with van der Waals surface area (Å²) in [5.41, 5.74) is 6.90. The number of rotatable bonds is 5. The first-order valence-corrected chi connectivity index (χ1v) is 6.15. The molecule has 0 unspecified atom stereocenters. The van der Waals surface area contributed by atoms with Crippen LogP contribution >= 0.6 is 0 Å². The van der Waals surface area contributed by atoms with Crippen LogP contribution in [0.4, 0.5) is 0 Å². The fourth-order valence-corrected chi connectivity index (χ4v) is 1.67. The Labute approximate surface area is 110 Å². The molecule has 0 aliphatic carbocycles. The highest BCUT2D eigenvalue weighted by Gasteiger charge is 2.09. The van der Waals surface area contributed by atoms with Gasteiger partial charge in [-0.3, -0.25) is 0 Å². The van der Waals surface area contributed by atoms with Crippen LogP contribution in [0.5, 0.6) is 0 Å². The van der Waals surface area contributed by atoms with Gasteiger partial charge in [0.1, 0.15) is 0 Å². The molecule has 0 atom stereocenters. The number of hydrogen-bond donors (Lipinski definition) is 2. The number of amidine groups is 1. The van der Waals surface area contributed by atoms with Gasteiger partial charge in [0.15, 0.2) is 5.84 Å². The van der Waals surface area contributed by atoms with Crippen molar-refractivity contribution in [1.29, 1.82) is 0 Å². The fourth-order valence-electron chi connectivity index (χ4n) is 1.67. The van der Waals surface area contributed by atoms with Crippen molar-refractivity contribution >= 4 is 5.84 Å². The number of aryl methyl sites for hydroxylation is 1. The first-order valence-electron chi connectivity index (χ1n) is 6.15. The van der Waals surface area contributed by atoms with Crippen molar-refractivity contribution in [2.45, 2.75) is 26.2 Å². The minimum atomic E-state index is 0.0487. The van der Waals surface area contributed by atoms with Gasteiger partial charge in [0.2, 0.25) is 11.8 Å². The highest BCUT2D eigenvalue weighted by atomic mass is 16.4. The molecule has 0 spiro atoms. The number of nitrogens with zero attached hydrogens (tertiary/aromatic N) is 3. The SMILES string of the molecule is CCCCc1nnc(-c2cccc(C(N)=NO)c2)o1. The molecule has 3 N–H and O–H groups in total. The maximum Gasteiger partial charge on any atom is 0.247 e. The second kappa shape index (κ2) is 5.99. The lowest BCUT2D eigenvalue weighted by Gasteiger charge is -2.00. The highest BCUT2D eigenvalue weighted by Crippen LogP contribution is 2.19. The quantitative estimate of drug-likeness (QED) is 0.371. The first kappa shape index (κ1) is 13.1. The third kappa shape index (κ3) is 3.09. The van der Waals surface area contributed by atoms with Crippen LogP contribution in [0.3, 0.4) is 0 Å². The molecular weight excluding hydrogens is 244 g/mol. The van der Waals surface area contributed by atoms with Crippen LogP contribution < -0.4 is 5.73 Å². The Morgan fingerprint density at radius 1 is 1.42 bits per heavy atom. The highest BCUT2D eigenvalue weighted by molar-refractivity contribution is 5.97. The van der Waals surface area contributed by atoms with Crippen LogP contribution in [0.2, 0.25) is 0 Å². The Hall–Kier alpha value is -2.37. The Kier molecular flexibility index (Phi) is 4.12. The van der Waals surface area contributed by atoms with E-state index in [1.54, 1.807) is 18.2 Å². The van der Waals surface area contributed by atoms with Gasteiger partial charge in [-0.25, -0.2) is 0 Å². The van der Waals surface area contributed by atoms with E-state index in [1.165, 1.54) is 0 Å². The molecule has 1 aromatic heterocycles. The lowest BCUT2D eigenvalue weighted by atomic mass is 10.1. The number of unbranched alkanes of at least 4 members (excludes halogenated alkanes) is 1. The molecule has 2 rings (SSSR count). The minimum Gasteiger partial charge on any atom is -0.421 e. The van der Waals surface area contributed by atoms with E-state index >= 15 is 0 Å². The molecule has 0 bridgehead atoms. The van der Waals surface area contributed by atoms with Gasteiger partial charge in [-0.2, -0.15) is 0 Å². The van der Waals surface area contributed by atoms with Crippen molar-refractivity contribution in [3.8, 4) is 11.5 Å². The minimum absolute atomic E-state index is 0.0487. The van der Waals surface area contributed by atoms with Crippen molar-refractivity contribution in [3.05, 3.63) is 35.7 Å². The van der Waals surface area contributed by atoms with Gasteiger partial charge in [-0.1, -0.05) is 30.6 Å². The van der Waals surface area contributed by atoms with E-state index in [9.17, 15) is 0 Å². The topological polar surface area (TPSA) is 97.5 Å². The fraction of sp³-hybridized carbons (Fsp3) is 0.308. The van der Waals surface area contributed by atoms with E-state index in [2.05, 4.69) is 22.3 Å². The molecule has 0 aliphatic heterocycles. The lowest BCUT2D eigenvalue weighted by molar-refractivity contribution is 0.318. The van der Waals surface area contributed by atoms with Gasteiger partial charge < -0.3 is 15.4 Å². The summed E-state index contributed by atoms with van der Waals surface area (Å²) in [4.78, 5) is 0. The van der Waals surface area contributed by atoms with Gasteiger partial charge in [0.25, 0.3) is 0 Å². The molecule has 0 saturated heterocycles. The van der Waals surface area contributed by atoms with Gasteiger partial charge in [-0.15, -0.1) is 10.2 Å². The van der Waals surface area contributed by atoms with Crippen LogP contribution in [-0.4, -0.2) is 21.2 Å². The Morgan fingerprint density at radius 3 is 3.00 bits per heavy atom. The van der Waals surface area contributed by atoms with Crippen molar-refractivity contribution in [2.24, 2.45) is 10.9 Å². The molecule has 1 aromatic carbocycles. The summed E-state index contributed by atoms with van der Waals surface area (Å²) in [6, 6.07) is 7.11. The molecule has 6 nitrogen and oxygen atoms in total.